The van der Waals surface area contributed by atoms with Gasteiger partial charge in [0.1, 0.15) is 17.5 Å². The lowest BCUT2D eigenvalue weighted by molar-refractivity contribution is -0.117. The van der Waals surface area contributed by atoms with E-state index in [0.29, 0.717) is 17.2 Å². The van der Waals surface area contributed by atoms with E-state index in [4.69, 9.17) is 0 Å². The number of hydrogen-bond acceptors (Lipinski definition) is 5. The zero-order valence-electron chi connectivity index (χ0n) is 16.4. The molecule has 1 N–H and O–H groups in total. The molecule has 1 fully saturated rings. The van der Waals surface area contributed by atoms with Crippen molar-refractivity contribution in [1.29, 1.82) is 0 Å². The summed E-state index contributed by atoms with van der Waals surface area (Å²) < 4.78 is 15.2. The Morgan fingerprint density at radius 3 is 2.82 bits per heavy atom. The zero-order chi connectivity index (χ0) is 20.0. The first-order valence-electron chi connectivity index (χ1n) is 9.35. The van der Waals surface area contributed by atoms with Gasteiger partial charge in [0.05, 0.1) is 17.8 Å². The second kappa shape index (κ2) is 6.85. The topological polar surface area (TPSA) is 75.9 Å². The molecule has 1 saturated carbocycles. The number of alkyl halides is 1. The molecule has 0 spiro atoms. The first-order chi connectivity index (χ1) is 13.4. The van der Waals surface area contributed by atoms with E-state index in [1.54, 1.807) is 6.33 Å². The monoisotopic (exact) mass is 382 g/mol. The van der Waals surface area contributed by atoms with Crippen LogP contribution in [0.25, 0.3) is 11.0 Å². The zero-order valence-corrected chi connectivity index (χ0v) is 16.4. The standard InChI is InChI=1S/C20H23FN6O/c1-5-12-9-22-11(2)6-15(12)27(4)17-8-16-18(23-10-26(16)3)19(24-17)25-20(28)13-7-14(13)21/h6,8-10,13-14H,5,7H2,1-4H3,(H,24,25,28)/t13-,14+/m0/s1. The summed E-state index contributed by atoms with van der Waals surface area (Å²) in [5, 5.41) is 2.77. The number of pyridine rings is 2. The Balaban J connectivity index is 1.78. The summed E-state index contributed by atoms with van der Waals surface area (Å²) in [6.45, 7) is 4.03. The highest BCUT2D eigenvalue weighted by atomic mass is 19.1. The van der Waals surface area contributed by atoms with Gasteiger partial charge in [-0.1, -0.05) is 6.92 Å². The number of amides is 1. The summed E-state index contributed by atoms with van der Waals surface area (Å²) in [5.41, 5.74) is 4.45. The normalized spacial score (nSPS) is 18.3. The Morgan fingerprint density at radius 2 is 2.14 bits per heavy atom. The van der Waals surface area contributed by atoms with Crippen LogP contribution in [0.5, 0.6) is 0 Å². The van der Waals surface area contributed by atoms with Crippen LogP contribution in [0.3, 0.4) is 0 Å². The van der Waals surface area contributed by atoms with Crippen LogP contribution in [-0.2, 0) is 18.3 Å². The number of carbonyl (C=O) groups is 1. The highest BCUT2D eigenvalue weighted by Gasteiger charge is 2.44. The van der Waals surface area contributed by atoms with Crippen molar-refractivity contribution >= 4 is 34.3 Å². The van der Waals surface area contributed by atoms with E-state index >= 15 is 0 Å². The summed E-state index contributed by atoms with van der Waals surface area (Å²) in [6, 6.07) is 3.95. The molecular weight excluding hydrogens is 359 g/mol. The minimum absolute atomic E-state index is 0.271. The molecule has 8 heteroatoms. The molecule has 0 aromatic carbocycles. The predicted molar refractivity (Wildman–Crippen MR) is 107 cm³/mol. The van der Waals surface area contributed by atoms with Crippen LogP contribution in [0.2, 0.25) is 0 Å². The van der Waals surface area contributed by atoms with Crippen LogP contribution in [0.1, 0.15) is 24.6 Å². The minimum atomic E-state index is -1.06. The molecular formula is C20H23FN6O. The molecule has 3 aromatic heterocycles. The van der Waals surface area contributed by atoms with Gasteiger partial charge in [-0.3, -0.25) is 9.78 Å². The molecule has 2 atom stereocenters. The predicted octanol–water partition coefficient (Wildman–Crippen LogP) is 3.30. The molecule has 1 aliphatic rings. The summed E-state index contributed by atoms with van der Waals surface area (Å²) >= 11 is 0. The van der Waals surface area contributed by atoms with Crippen molar-refractivity contribution in [3.63, 3.8) is 0 Å². The van der Waals surface area contributed by atoms with Gasteiger partial charge < -0.3 is 14.8 Å². The Bertz CT molecular complexity index is 1060. The molecule has 0 saturated heterocycles. The molecule has 1 amide bonds. The molecule has 0 bridgehead atoms. The average Bonchev–Trinajstić information content (AvgIpc) is 3.30. The van der Waals surface area contributed by atoms with E-state index in [0.717, 1.165) is 28.9 Å². The van der Waals surface area contributed by atoms with Crippen molar-refractivity contribution in [2.24, 2.45) is 13.0 Å². The van der Waals surface area contributed by atoms with E-state index in [2.05, 4.69) is 27.2 Å². The van der Waals surface area contributed by atoms with Crippen LogP contribution in [0, 0.1) is 12.8 Å². The molecule has 1 aliphatic carbocycles. The van der Waals surface area contributed by atoms with Crippen LogP contribution in [0.4, 0.5) is 21.7 Å². The van der Waals surface area contributed by atoms with Crippen LogP contribution in [-0.4, -0.2) is 38.6 Å². The maximum absolute atomic E-state index is 13.3. The minimum Gasteiger partial charge on any atom is -0.334 e. The highest BCUT2D eigenvalue weighted by molar-refractivity contribution is 6.01. The number of anilines is 3. The van der Waals surface area contributed by atoms with Gasteiger partial charge in [0.2, 0.25) is 5.91 Å². The molecule has 0 aliphatic heterocycles. The second-order valence-corrected chi connectivity index (χ2v) is 7.27. The van der Waals surface area contributed by atoms with Gasteiger partial charge in [-0.25, -0.2) is 14.4 Å². The Kier molecular flexibility index (Phi) is 4.49. The van der Waals surface area contributed by atoms with Crippen molar-refractivity contribution in [3.05, 3.63) is 35.9 Å². The number of carbonyl (C=O) groups excluding carboxylic acids is 1. The lowest BCUT2D eigenvalue weighted by Gasteiger charge is -2.22. The molecule has 7 nitrogen and oxygen atoms in total. The average molecular weight is 382 g/mol. The van der Waals surface area contributed by atoms with Crippen molar-refractivity contribution < 1.29 is 9.18 Å². The van der Waals surface area contributed by atoms with Crippen LogP contribution in [0.15, 0.2) is 24.7 Å². The summed E-state index contributed by atoms with van der Waals surface area (Å²) in [4.78, 5) is 27.6. The van der Waals surface area contributed by atoms with E-state index < -0.39 is 12.1 Å². The van der Waals surface area contributed by atoms with Gasteiger partial charge in [-0.2, -0.15) is 0 Å². The van der Waals surface area contributed by atoms with Crippen molar-refractivity contribution in [2.75, 3.05) is 17.3 Å². The number of hydrogen-bond donors (Lipinski definition) is 1. The lowest BCUT2D eigenvalue weighted by Crippen LogP contribution is -2.19. The highest BCUT2D eigenvalue weighted by Crippen LogP contribution is 2.36. The third kappa shape index (κ3) is 3.19. The fourth-order valence-corrected chi connectivity index (χ4v) is 3.30. The van der Waals surface area contributed by atoms with E-state index in [1.807, 2.05) is 48.8 Å². The molecule has 3 heterocycles. The van der Waals surface area contributed by atoms with Gasteiger partial charge in [-0.05, 0) is 31.4 Å². The molecule has 4 rings (SSSR count). The maximum atomic E-state index is 13.3. The summed E-state index contributed by atoms with van der Waals surface area (Å²) in [5.74, 6) is 0.0874. The van der Waals surface area contributed by atoms with Gasteiger partial charge in [0, 0.05) is 37.7 Å². The molecule has 0 radical (unpaired) electrons. The SMILES string of the molecule is CCc1cnc(C)cc1N(C)c1cc2c(ncn2C)c(NC(=O)[C@H]2C[C@H]2F)n1. The number of aromatic nitrogens is 4. The number of halogens is 1. The fourth-order valence-electron chi connectivity index (χ4n) is 3.30. The number of nitrogens with zero attached hydrogens (tertiary/aromatic N) is 5. The lowest BCUT2D eigenvalue weighted by atomic mass is 10.1. The van der Waals surface area contributed by atoms with Gasteiger partial charge in [0.25, 0.3) is 0 Å². The largest absolute Gasteiger partial charge is 0.334 e. The maximum Gasteiger partial charge on any atom is 0.231 e. The fraction of sp³-hybridized carbons (Fsp3) is 0.400. The number of fused-ring (bicyclic) bond motifs is 1. The van der Waals surface area contributed by atoms with Gasteiger partial charge >= 0.3 is 0 Å². The molecule has 3 aromatic rings. The smallest absolute Gasteiger partial charge is 0.231 e. The number of aryl methyl sites for hydroxylation is 3. The number of rotatable bonds is 5. The van der Waals surface area contributed by atoms with E-state index in [9.17, 15) is 9.18 Å². The third-order valence-corrected chi connectivity index (χ3v) is 5.17. The Morgan fingerprint density at radius 1 is 1.39 bits per heavy atom. The second-order valence-electron chi connectivity index (χ2n) is 7.27. The van der Waals surface area contributed by atoms with Crippen molar-refractivity contribution in [3.8, 4) is 0 Å². The summed E-state index contributed by atoms with van der Waals surface area (Å²) in [7, 11) is 3.82. The molecule has 28 heavy (non-hydrogen) atoms. The number of imidazole rings is 1. The Labute approximate surface area is 162 Å². The van der Waals surface area contributed by atoms with Crippen LogP contribution < -0.4 is 10.2 Å². The summed E-state index contributed by atoms with van der Waals surface area (Å²) in [6.07, 6.45) is 3.60. The van der Waals surface area contributed by atoms with Gasteiger partial charge in [-0.15, -0.1) is 0 Å². The van der Waals surface area contributed by atoms with Crippen molar-refractivity contribution in [2.45, 2.75) is 32.9 Å². The first kappa shape index (κ1) is 18.3. The quantitative estimate of drug-likeness (QED) is 0.733. The third-order valence-electron chi connectivity index (χ3n) is 5.17. The Hall–Kier alpha value is -3.03. The van der Waals surface area contributed by atoms with Gasteiger partial charge in [0.15, 0.2) is 5.82 Å². The van der Waals surface area contributed by atoms with E-state index in [-0.39, 0.29) is 12.3 Å². The number of nitrogens with one attached hydrogen (secondary N) is 1. The van der Waals surface area contributed by atoms with Crippen molar-refractivity contribution in [1.82, 2.24) is 19.5 Å². The molecule has 0 unspecified atom stereocenters. The van der Waals surface area contributed by atoms with E-state index in [1.165, 1.54) is 0 Å². The van der Waals surface area contributed by atoms with Crippen LogP contribution >= 0.6 is 0 Å². The molecule has 146 valence electrons. The first-order valence-corrected chi connectivity index (χ1v) is 9.35.